The molecule has 5 rings (SSSR count). The summed E-state index contributed by atoms with van der Waals surface area (Å²) in [6.07, 6.45) is 2.21. The molecular formula is C23H24N3O2S+. The lowest BCUT2D eigenvalue weighted by molar-refractivity contribution is -0.925. The number of hydrogen-bond acceptors (Lipinski definition) is 3. The zero-order valence-corrected chi connectivity index (χ0v) is 17.2. The van der Waals surface area contributed by atoms with Gasteiger partial charge in [-0.05, 0) is 34.7 Å². The Labute approximate surface area is 173 Å². The molecule has 2 fully saturated rings. The number of carbonyl (C=O) groups is 2. The molecule has 6 heteroatoms. The molecular weight excluding hydrogens is 382 g/mol. The summed E-state index contributed by atoms with van der Waals surface area (Å²) in [5, 5.41) is 7.15. The molecule has 2 aromatic carbocycles. The van der Waals surface area contributed by atoms with E-state index in [2.05, 4.69) is 22.8 Å². The van der Waals surface area contributed by atoms with Gasteiger partial charge in [-0.3, -0.25) is 4.79 Å². The van der Waals surface area contributed by atoms with E-state index >= 15 is 0 Å². The molecule has 2 aliphatic heterocycles. The molecule has 1 unspecified atom stereocenters. The maximum Gasteiger partial charge on any atom is 0.329 e. The molecule has 3 atom stereocenters. The van der Waals surface area contributed by atoms with Crippen LogP contribution in [0.3, 0.4) is 0 Å². The largest absolute Gasteiger partial charge is 0.329 e. The van der Waals surface area contributed by atoms with Gasteiger partial charge in [-0.25, -0.2) is 9.69 Å². The molecule has 148 valence electrons. The number of carbonyl (C=O) groups excluding carboxylic acids is 2. The number of nitrogens with one attached hydrogen (secondary N) is 2. The summed E-state index contributed by atoms with van der Waals surface area (Å²) in [6, 6.07) is 18.2. The number of fused-ring (bicyclic) bond motifs is 1. The van der Waals surface area contributed by atoms with E-state index in [1.807, 2.05) is 49.4 Å². The van der Waals surface area contributed by atoms with Crippen molar-refractivity contribution in [2.75, 3.05) is 13.2 Å². The minimum Gasteiger partial charge on any atom is -0.319 e. The summed E-state index contributed by atoms with van der Waals surface area (Å²) in [5.74, 6) is -0.164. The second-order valence-corrected chi connectivity index (χ2v) is 9.07. The topological polar surface area (TPSA) is 53.9 Å². The Balaban J connectivity index is 1.45. The van der Waals surface area contributed by atoms with Crippen LogP contribution >= 0.6 is 11.3 Å². The molecule has 2 saturated heterocycles. The summed E-state index contributed by atoms with van der Waals surface area (Å²) >= 11 is 1.76. The maximum absolute atomic E-state index is 13.5. The Morgan fingerprint density at radius 3 is 2.79 bits per heavy atom. The van der Waals surface area contributed by atoms with Gasteiger partial charge in [0.25, 0.3) is 5.91 Å². The first kappa shape index (κ1) is 18.3. The van der Waals surface area contributed by atoms with Crippen LogP contribution in [0.4, 0.5) is 4.79 Å². The fraction of sp³-hybridized carbons (Fsp3) is 0.304. The number of hydrogen-bond donors (Lipinski definition) is 2. The molecule has 0 radical (unpaired) electrons. The fourth-order valence-corrected chi connectivity index (χ4v) is 5.74. The highest BCUT2D eigenvalue weighted by atomic mass is 32.1. The van der Waals surface area contributed by atoms with Crippen LogP contribution < -0.4 is 10.2 Å². The van der Waals surface area contributed by atoms with E-state index < -0.39 is 5.54 Å². The minimum atomic E-state index is -1.05. The van der Waals surface area contributed by atoms with Crippen molar-refractivity contribution in [2.24, 2.45) is 0 Å². The van der Waals surface area contributed by atoms with Crippen LogP contribution in [-0.2, 0) is 10.3 Å². The minimum absolute atomic E-state index is 0.164. The zero-order valence-electron chi connectivity index (χ0n) is 16.4. The summed E-state index contributed by atoms with van der Waals surface area (Å²) in [5.41, 5.74) is -0.196. The monoisotopic (exact) mass is 406 g/mol. The molecule has 1 aromatic heterocycles. The number of rotatable bonds is 4. The van der Waals surface area contributed by atoms with Gasteiger partial charge >= 0.3 is 6.03 Å². The van der Waals surface area contributed by atoms with Gasteiger partial charge in [0, 0.05) is 12.8 Å². The normalized spacial score (nSPS) is 27.0. The Kier molecular flexibility index (Phi) is 4.41. The number of thiophene rings is 1. The number of quaternary nitrogens is 1. The van der Waals surface area contributed by atoms with Crippen LogP contribution in [0.15, 0.2) is 60.0 Å². The number of urea groups is 1. The van der Waals surface area contributed by atoms with E-state index in [1.54, 1.807) is 11.3 Å². The van der Waals surface area contributed by atoms with Crippen LogP contribution in [0, 0.1) is 0 Å². The Hall–Kier alpha value is -2.70. The highest BCUT2D eigenvalue weighted by molar-refractivity contribution is 7.10. The molecule has 0 aliphatic carbocycles. The lowest BCUT2D eigenvalue weighted by Crippen LogP contribution is -3.12. The van der Waals surface area contributed by atoms with Gasteiger partial charge in [0.05, 0.1) is 11.4 Å². The van der Waals surface area contributed by atoms with Crippen LogP contribution in [0.2, 0.25) is 0 Å². The molecule has 3 aromatic rings. The molecule has 29 heavy (non-hydrogen) atoms. The summed E-state index contributed by atoms with van der Waals surface area (Å²) in [7, 11) is 0. The average Bonchev–Trinajstić information content (AvgIpc) is 3.45. The molecule has 3 heterocycles. The third kappa shape index (κ3) is 2.94. The molecule has 2 N–H and O–H groups in total. The smallest absolute Gasteiger partial charge is 0.319 e. The lowest BCUT2D eigenvalue weighted by Gasteiger charge is -2.26. The van der Waals surface area contributed by atoms with E-state index in [-0.39, 0.29) is 11.9 Å². The third-order valence-corrected chi connectivity index (χ3v) is 7.32. The highest BCUT2D eigenvalue weighted by Crippen LogP contribution is 2.33. The van der Waals surface area contributed by atoms with E-state index in [0.29, 0.717) is 12.7 Å². The Morgan fingerprint density at radius 2 is 1.97 bits per heavy atom. The summed E-state index contributed by atoms with van der Waals surface area (Å²) in [6.45, 7) is 3.21. The third-order valence-electron chi connectivity index (χ3n) is 6.33. The van der Waals surface area contributed by atoms with Crippen molar-refractivity contribution >= 4 is 34.0 Å². The lowest BCUT2D eigenvalue weighted by atomic mass is 9.88. The van der Waals surface area contributed by atoms with Crippen LogP contribution in [0.1, 0.15) is 36.2 Å². The average molecular weight is 407 g/mol. The molecule has 2 aliphatic rings. The van der Waals surface area contributed by atoms with Crippen LogP contribution in [0.5, 0.6) is 0 Å². The van der Waals surface area contributed by atoms with Crippen molar-refractivity contribution in [3.63, 3.8) is 0 Å². The van der Waals surface area contributed by atoms with Gasteiger partial charge in [0.2, 0.25) is 0 Å². The molecule has 5 nitrogen and oxygen atoms in total. The van der Waals surface area contributed by atoms with E-state index in [1.165, 1.54) is 14.7 Å². The van der Waals surface area contributed by atoms with Gasteiger partial charge in [-0.2, -0.15) is 0 Å². The first-order valence-electron chi connectivity index (χ1n) is 10.1. The van der Waals surface area contributed by atoms with Gasteiger partial charge in [-0.15, -0.1) is 11.3 Å². The summed E-state index contributed by atoms with van der Waals surface area (Å²) < 4.78 is 0. The molecule has 3 amide bonds. The first-order valence-corrected chi connectivity index (χ1v) is 11.0. The standard InChI is InChI=1S/C23H23N3O2S/c1-23(18-10-4-8-16-7-2-3-9-17(16)18)21(27)26(22(28)24-23)15-25-13-5-11-19(25)20-12-6-14-29-20/h2-4,6-10,12,14,19H,5,11,13,15H2,1H3,(H,24,28)/p+1/t19-,23+/m1/s1. The fourth-order valence-electron chi connectivity index (χ4n) is 4.82. The maximum atomic E-state index is 13.5. The quantitative estimate of drug-likeness (QED) is 0.655. The van der Waals surface area contributed by atoms with Crippen molar-refractivity contribution in [1.29, 1.82) is 0 Å². The molecule has 0 saturated carbocycles. The number of nitrogens with zero attached hydrogens (tertiary/aromatic N) is 1. The zero-order chi connectivity index (χ0) is 20.0. The number of amides is 3. The summed E-state index contributed by atoms with van der Waals surface area (Å²) in [4.78, 5) is 30.4. The Morgan fingerprint density at radius 1 is 1.14 bits per heavy atom. The second-order valence-electron chi connectivity index (χ2n) is 8.09. The van der Waals surface area contributed by atoms with Crippen LogP contribution in [-0.4, -0.2) is 30.1 Å². The van der Waals surface area contributed by atoms with Gasteiger partial charge < -0.3 is 10.2 Å². The van der Waals surface area contributed by atoms with Crippen LogP contribution in [0.25, 0.3) is 10.8 Å². The highest BCUT2D eigenvalue weighted by Gasteiger charge is 2.51. The number of likely N-dealkylation sites (tertiary alicyclic amines) is 1. The number of benzene rings is 2. The van der Waals surface area contributed by atoms with Crippen molar-refractivity contribution in [1.82, 2.24) is 10.2 Å². The number of imide groups is 1. The van der Waals surface area contributed by atoms with E-state index in [4.69, 9.17) is 0 Å². The van der Waals surface area contributed by atoms with E-state index in [0.717, 1.165) is 35.7 Å². The second kappa shape index (κ2) is 6.97. The SMILES string of the molecule is C[C@@]1(c2cccc3ccccc23)NC(=O)N(C[NH+]2CCC[C@@H]2c2cccs2)C1=O. The first-order chi connectivity index (χ1) is 14.1. The van der Waals surface area contributed by atoms with Crippen molar-refractivity contribution in [2.45, 2.75) is 31.3 Å². The van der Waals surface area contributed by atoms with Crippen molar-refractivity contribution in [3.05, 3.63) is 70.4 Å². The predicted octanol–water partition coefficient (Wildman–Crippen LogP) is 3.05. The Bertz CT molecular complexity index is 1080. The molecule has 0 bridgehead atoms. The van der Waals surface area contributed by atoms with Gasteiger partial charge in [0.1, 0.15) is 11.6 Å². The van der Waals surface area contributed by atoms with Gasteiger partial charge in [0.15, 0.2) is 6.67 Å². The predicted molar refractivity (Wildman–Crippen MR) is 114 cm³/mol. The van der Waals surface area contributed by atoms with E-state index in [9.17, 15) is 9.59 Å². The van der Waals surface area contributed by atoms with Crippen molar-refractivity contribution < 1.29 is 14.5 Å². The van der Waals surface area contributed by atoms with Crippen molar-refractivity contribution in [3.8, 4) is 0 Å². The molecule has 0 spiro atoms. The van der Waals surface area contributed by atoms with Gasteiger partial charge in [-0.1, -0.05) is 48.5 Å².